The molecule has 136 valence electrons. The van der Waals surface area contributed by atoms with Gasteiger partial charge in [0.2, 0.25) is 0 Å². The van der Waals surface area contributed by atoms with E-state index in [4.69, 9.17) is 31.8 Å². The van der Waals surface area contributed by atoms with Crippen LogP contribution in [0.5, 0.6) is 11.5 Å². The number of ether oxygens (including phenoxy) is 2. The molecule has 0 saturated carbocycles. The van der Waals surface area contributed by atoms with Crippen LogP contribution in [0.15, 0.2) is 24.3 Å². The minimum atomic E-state index is -4.26. The molecule has 24 heavy (non-hydrogen) atoms. The van der Waals surface area contributed by atoms with Crippen LogP contribution >= 0.6 is 7.74 Å². The van der Waals surface area contributed by atoms with Gasteiger partial charge in [-0.15, -0.1) is 0 Å². The van der Waals surface area contributed by atoms with E-state index in [-0.39, 0.29) is 13.2 Å². The second-order valence-corrected chi connectivity index (χ2v) is 13.8. The van der Waals surface area contributed by atoms with Crippen molar-refractivity contribution in [1.82, 2.24) is 0 Å². The zero-order valence-electron chi connectivity index (χ0n) is 14.4. The first-order chi connectivity index (χ1) is 11.4. The molecule has 9 heteroatoms. The summed E-state index contributed by atoms with van der Waals surface area (Å²) in [7, 11) is -6.40. The molecule has 0 atom stereocenters. The summed E-state index contributed by atoms with van der Waals surface area (Å²) >= 11 is 0. The normalized spacial score (nSPS) is 25.4. The third-order valence-electron chi connectivity index (χ3n) is 3.20. The first-order valence-corrected chi connectivity index (χ1v) is 13.3. The predicted octanol–water partition coefficient (Wildman–Crippen LogP) is 3.52. The molecule has 0 bridgehead atoms. The average Bonchev–Trinajstić information content (AvgIpc) is 2.79. The van der Waals surface area contributed by atoms with Crippen molar-refractivity contribution in [3.63, 3.8) is 0 Å². The fourth-order valence-electron chi connectivity index (χ4n) is 2.43. The van der Waals surface area contributed by atoms with E-state index in [0.29, 0.717) is 37.9 Å². The zero-order valence-corrected chi connectivity index (χ0v) is 16.3. The third-order valence-corrected chi connectivity index (χ3v) is 8.78. The minimum absolute atomic E-state index is 0.246. The molecule has 1 aromatic carbocycles. The Hall–Kier alpha value is -0.733. The number of fused-ring (bicyclic) bond motifs is 1. The summed E-state index contributed by atoms with van der Waals surface area (Å²) in [6, 6.07) is 7.37. The molecule has 3 rings (SSSR count). The van der Waals surface area contributed by atoms with E-state index in [9.17, 15) is 0 Å². The van der Waals surface area contributed by atoms with Crippen LogP contribution in [0.4, 0.5) is 0 Å². The number of benzene rings is 1. The Labute approximate surface area is 143 Å². The summed E-state index contributed by atoms with van der Waals surface area (Å²) in [4.78, 5) is 0. The van der Waals surface area contributed by atoms with E-state index in [0.717, 1.165) is 0 Å². The molecule has 7 nitrogen and oxygen atoms in total. The van der Waals surface area contributed by atoms with Crippen LogP contribution in [0.2, 0.25) is 19.6 Å². The van der Waals surface area contributed by atoms with Gasteiger partial charge in [0, 0.05) is 0 Å². The van der Waals surface area contributed by atoms with E-state index in [1.54, 1.807) is 0 Å². The van der Waals surface area contributed by atoms with Gasteiger partial charge in [-0.1, -0.05) is 0 Å². The van der Waals surface area contributed by atoms with Crippen LogP contribution in [-0.2, 0) is 22.7 Å². The Bertz CT molecular complexity index is 536. The summed E-state index contributed by atoms with van der Waals surface area (Å²) in [5.41, 5.74) is 0. The molecule has 0 aliphatic carbocycles. The molecule has 2 aliphatic heterocycles. The molecular weight excluding hydrogens is 351 g/mol. The van der Waals surface area contributed by atoms with Crippen molar-refractivity contribution in [3.05, 3.63) is 24.3 Å². The van der Waals surface area contributed by atoms with Crippen molar-refractivity contribution in [2.45, 2.75) is 19.6 Å². The molecule has 1 spiro atoms. The summed E-state index contributed by atoms with van der Waals surface area (Å²) < 4.78 is 41.7. The van der Waals surface area contributed by atoms with Crippen LogP contribution in [0.25, 0.3) is 0 Å². The Kier molecular flexibility index (Phi) is 5.18. The van der Waals surface area contributed by atoms with Crippen LogP contribution in [0, 0.1) is 0 Å². The topological polar surface area (TPSA) is 64.6 Å². The summed E-state index contributed by atoms with van der Waals surface area (Å²) in [6.45, 7) is 8.38. The van der Waals surface area contributed by atoms with Gasteiger partial charge in [0.15, 0.2) is 0 Å². The Morgan fingerprint density at radius 3 is 1.71 bits per heavy atom. The second-order valence-electron chi connectivity index (χ2n) is 6.47. The molecule has 2 aliphatic rings. The first kappa shape index (κ1) is 18.1. The van der Waals surface area contributed by atoms with Gasteiger partial charge in [-0.05, 0) is 0 Å². The van der Waals surface area contributed by atoms with Crippen molar-refractivity contribution < 1.29 is 31.8 Å². The molecule has 0 amide bonds. The summed E-state index contributed by atoms with van der Waals surface area (Å²) in [6.07, 6.45) is 0. The monoisotopic (exact) mass is 376 g/mol. The predicted molar refractivity (Wildman–Crippen MR) is 92.6 cm³/mol. The Morgan fingerprint density at radius 2 is 1.25 bits per heavy atom. The van der Waals surface area contributed by atoms with Gasteiger partial charge in [-0.2, -0.15) is 0 Å². The third kappa shape index (κ3) is 4.08. The van der Waals surface area contributed by atoms with Crippen molar-refractivity contribution in [2.75, 3.05) is 39.6 Å². The maximum atomic E-state index is 6.34. The summed E-state index contributed by atoms with van der Waals surface area (Å²) in [5, 5.41) is 0. The average molecular weight is 376 g/mol. The molecule has 0 N–H and O–H groups in total. The number of rotatable bonds is 2. The molecule has 1 aromatic rings. The summed E-state index contributed by atoms with van der Waals surface area (Å²) in [5.74, 6) is 1.12. The zero-order chi connectivity index (χ0) is 17.1. The van der Waals surface area contributed by atoms with E-state index in [1.165, 1.54) is 0 Å². The number of hydrogen-bond donors (Lipinski definition) is 0. The van der Waals surface area contributed by atoms with Gasteiger partial charge >= 0.3 is 143 Å². The maximum absolute atomic E-state index is 6.34. The van der Waals surface area contributed by atoms with Crippen molar-refractivity contribution >= 4 is 16.1 Å². The van der Waals surface area contributed by atoms with Gasteiger partial charge in [-0.25, -0.2) is 0 Å². The Morgan fingerprint density at radius 1 is 0.792 bits per heavy atom. The number of hydrogen-bond acceptors (Lipinski definition) is 7. The molecule has 1 fully saturated rings. The van der Waals surface area contributed by atoms with Gasteiger partial charge < -0.3 is 0 Å². The standard InChI is InChI=1S/C15H25O7PSi/c1-24(2,3)22-23(20-14-6-4-5-7-15(14)21-23)18-12-10-16-8-9-17-11-13-19-23/h4-7H,8-13H2,1-3H3. The van der Waals surface area contributed by atoms with Crippen LogP contribution in [0.1, 0.15) is 0 Å². The fraction of sp³-hybridized carbons (Fsp3) is 0.600. The number of para-hydroxylation sites is 2. The quantitative estimate of drug-likeness (QED) is 0.578. The molecule has 0 unspecified atom stereocenters. The molecule has 0 radical (unpaired) electrons. The van der Waals surface area contributed by atoms with Crippen molar-refractivity contribution in [2.24, 2.45) is 0 Å². The fourth-order valence-corrected chi connectivity index (χ4v) is 8.74. The van der Waals surface area contributed by atoms with Gasteiger partial charge in [-0.3, -0.25) is 0 Å². The van der Waals surface area contributed by atoms with Gasteiger partial charge in [0.05, 0.1) is 0 Å². The van der Waals surface area contributed by atoms with Gasteiger partial charge in [0.25, 0.3) is 0 Å². The molecule has 2 heterocycles. The molecule has 0 aromatic heterocycles. The van der Waals surface area contributed by atoms with E-state index in [1.807, 2.05) is 43.9 Å². The molecule has 1 saturated heterocycles. The second kappa shape index (κ2) is 6.88. The first-order valence-electron chi connectivity index (χ1n) is 8.08. The van der Waals surface area contributed by atoms with Crippen LogP contribution in [0.3, 0.4) is 0 Å². The van der Waals surface area contributed by atoms with Crippen LogP contribution < -0.4 is 9.05 Å². The molecular formula is C15H25O7PSi. The van der Waals surface area contributed by atoms with Crippen LogP contribution in [-0.4, -0.2) is 48.0 Å². The van der Waals surface area contributed by atoms with Crippen molar-refractivity contribution in [3.8, 4) is 11.5 Å². The van der Waals surface area contributed by atoms with E-state index < -0.39 is 16.1 Å². The van der Waals surface area contributed by atoms with E-state index >= 15 is 0 Å². The SMILES string of the molecule is C[Si](C)(C)OP12(OCCOCCOCCO1)Oc1ccccc1O2. The van der Waals surface area contributed by atoms with E-state index in [2.05, 4.69) is 0 Å². The Balaban J connectivity index is 1.94. The van der Waals surface area contributed by atoms with Gasteiger partial charge in [0.1, 0.15) is 0 Å². The van der Waals surface area contributed by atoms with Crippen molar-refractivity contribution in [1.29, 1.82) is 0 Å².